The number of aromatic nitrogens is 1. The van der Waals surface area contributed by atoms with Crippen LogP contribution in [0.15, 0.2) is 35.5 Å². The van der Waals surface area contributed by atoms with E-state index in [1.165, 1.54) is 16.5 Å². The highest BCUT2D eigenvalue weighted by Gasteiger charge is 2.30. The van der Waals surface area contributed by atoms with Crippen molar-refractivity contribution in [3.8, 4) is 0 Å². The lowest BCUT2D eigenvalue weighted by Crippen LogP contribution is -2.49. The predicted octanol–water partition coefficient (Wildman–Crippen LogP) is 3.00. The van der Waals surface area contributed by atoms with Crippen LogP contribution in [0.4, 0.5) is 0 Å². The van der Waals surface area contributed by atoms with Crippen molar-refractivity contribution in [2.45, 2.75) is 44.2 Å². The fourth-order valence-corrected chi connectivity index (χ4v) is 5.46. The summed E-state index contributed by atoms with van der Waals surface area (Å²) in [5, 5.41) is 4.52. The summed E-state index contributed by atoms with van der Waals surface area (Å²) in [5.41, 5.74) is 3.64. The van der Waals surface area contributed by atoms with Crippen LogP contribution in [-0.2, 0) is 4.79 Å². The zero-order chi connectivity index (χ0) is 21.4. The molecule has 3 aliphatic rings. The number of pyridine rings is 1. The van der Waals surface area contributed by atoms with Gasteiger partial charge < -0.3 is 10.2 Å². The Morgan fingerprint density at radius 2 is 1.94 bits per heavy atom. The summed E-state index contributed by atoms with van der Waals surface area (Å²) in [6.45, 7) is 6.85. The lowest BCUT2D eigenvalue weighted by molar-refractivity contribution is -0.123. The van der Waals surface area contributed by atoms with Crippen LogP contribution in [0.3, 0.4) is 0 Å². The minimum Gasteiger partial charge on any atom is -0.352 e. The Hall–Kier alpha value is -2.31. The van der Waals surface area contributed by atoms with Crippen molar-refractivity contribution in [1.29, 1.82) is 0 Å². The minimum atomic E-state index is 0.176. The molecule has 0 spiro atoms. The number of hydrogen-bond donors (Lipinski definition) is 1. The van der Waals surface area contributed by atoms with Crippen molar-refractivity contribution < 1.29 is 4.79 Å². The van der Waals surface area contributed by atoms with Crippen molar-refractivity contribution in [3.05, 3.63) is 41.6 Å². The number of nitrogens with zero attached hydrogens (tertiary/aromatic N) is 4. The number of likely N-dealkylation sites (tertiary alicyclic amines) is 2. The summed E-state index contributed by atoms with van der Waals surface area (Å²) < 4.78 is 0. The monoisotopic (exact) mass is 419 g/mol. The van der Waals surface area contributed by atoms with Crippen LogP contribution < -0.4 is 5.32 Å². The van der Waals surface area contributed by atoms with Crippen LogP contribution in [-0.4, -0.2) is 72.7 Å². The number of carbonyl (C=O) groups excluding carboxylic acids is 1. The molecule has 2 fully saturated rings. The van der Waals surface area contributed by atoms with Crippen molar-refractivity contribution in [2.75, 3.05) is 39.8 Å². The molecule has 1 aromatic carbocycles. The molecule has 31 heavy (non-hydrogen) atoms. The molecular weight excluding hydrogens is 386 g/mol. The van der Waals surface area contributed by atoms with E-state index in [0.29, 0.717) is 24.4 Å². The van der Waals surface area contributed by atoms with Crippen molar-refractivity contribution in [1.82, 2.24) is 20.1 Å². The van der Waals surface area contributed by atoms with Gasteiger partial charge in [0.25, 0.3) is 0 Å². The molecule has 3 aliphatic heterocycles. The van der Waals surface area contributed by atoms with E-state index in [0.717, 1.165) is 51.0 Å². The van der Waals surface area contributed by atoms with E-state index in [1.54, 1.807) is 0 Å². The summed E-state index contributed by atoms with van der Waals surface area (Å²) in [7, 11) is 2.15. The molecule has 6 heteroatoms. The molecule has 5 rings (SSSR count). The van der Waals surface area contributed by atoms with E-state index in [1.807, 2.05) is 18.5 Å². The molecule has 164 valence electrons. The summed E-state index contributed by atoms with van der Waals surface area (Å²) in [6.07, 6.45) is 7.11. The highest BCUT2D eigenvalue weighted by Crippen LogP contribution is 2.37. The molecule has 3 atom stereocenters. The number of benzene rings is 1. The topological polar surface area (TPSA) is 60.8 Å². The smallest absolute Gasteiger partial charge is 0.234 e. The van der Waals surface area contributed by atoms with Gasteiger partial charge in [-0.15, -0.1) is 0 Å². The first-order valence-corrected chi connectivity index (χ1v) is 11.7. The third-order valence-electron chi connectivity index (χ3n) is 7.08. The number of piperidine rings is 2. The second-order valence-electron chi connectivity index (χ2n) is 9.76. The van der Waals surface area contributed by atoms with Crippen molar-refractivity contribution >= 4 is 23.0 Å². The minimum absolute atomic E-state index is 0.176. The lowest BCUT2D eigenvalue weighted by atomic mass is 9.83. The second-order valence-corrected chi connectivity index (χ2v) is 9.76. The fourth-order valence-electron chi connectivity index (χ4n) is 5.46. The van der Waals surface area contributed by atoms with Crippen LogP contribution >= 0.6 is 0 Å². The van der Waals surface area contributed by atoms with Crippen LogP contribution in [0.25, 0.3) is 10.9 Å². The van der Waals surface area contributed by atoms with Gasteiger partial charge in [0.2, 0.25) is 5.91 Å². The largest absolute Gasteiger partial charge is 0.352 e. The van der Waals surface area contributed by atoms with E-state index in [4.69, 9.17) is 4.98 Å². The third kappa shape index (κ3) is 4.65. The van der Waals surface area contributed by atoms with Crippen LogP contribution in [0.5, 0.6) is 0 Å². The SMILES string of the molecule is C[C@@H]1C[C@H](c2ccc(C3C=N3)c3ncccc23)CN(CC(=O)NC2CCN(C)CC2)C1. The maximum atomic E-state index is 12.8. The maximum absolute atomic E-state index is 12.8. The van der Waals surface area contributed by atoms with E-state index in [-0.39, 0.29) is 11.9 Å². The Bertz CT molecular complexity index is 975. The molecule has 1 aromatic heterocycles. The van der Waals surface area contributed by atoms with Gasteiger partial charge in [-0.1, -0.05) is 25.1 Å². The maximum Gasteiger partial charge on any atom is 0.234 e. The molecule has 0 saturated carbocycles. The number of carbonyl (C=O) groups is 1. The summed E-state index contributed by atoms with van der Waals surface area (Å²) in [4.78, 5) is 26.5. The lowest BCUT2D eigenvalue weighted by Gasteiger charge is -2.37. The second kappa shape index (κ2) is 8.67. The van der Waals surface area contributed by atoms with Gasteiger partial charge in [0.1, 0.15) is 6.04 Å². The Kier molecular flexibility index (Phi) is 5.76. The van der Waals surface area contributed by atoms with Gasteiger partial charge >= 0.3 is 0 Å². The molecule has 2 aromatic rings. The van der Waals surface area contributed by atoms with Gasteiger partial charge in [-0.05, 0) is 62.9 Å². The van der Waals surface area contributed by atoms with E-state index in [2.05, 4.69) is 52.3 Å². The molecule has 4 heterocycles. The first-order chi connectivity index (χ1) is 15.1. The average Bonchev–Trinajstić information content (AvgIpc) is 3.59. The highest BCUT2D eigenvalue weighted by atomic mass is 16.2. The van der Waals surface area contributed by atoms with Crippen LogP contribution in [0, 0.1) is 5.92 Å². The first-order valence-electron chi connectivity index (χ1n) is 11.7. The standard InChI is InChI=1S/C25H33N5O/c1-17-12-18(15-30(14-17)16-24(31)28-19-7-10-29(2)11-8-19)20-5-6-22(23-13-27-23)25-21(20)4-3-9-26-25/h3-6,9,13,17-19,23H,7-8,10-12,14-16H2,1-2H3,(H,28,31)/t17-,18+,23?/m1/s1. The summed E-state index contributed by atoms with van der Waals surface area (Å²) in [5.74, 6) is 1.16. The van der Waals surface area contributed by atoms with Gasteiger partial charge in [-0.25, -0.2) is 0 Å². The van der Waals surface area contributed by atoms with Gasteiger partial charge in [0, 0.05) is 42.5 Å². The number of hydrogen-bond acceptors (Lipinski definition) is 5. The molecule has 0 aliphatic carbocycles. The van der Waals surface area contributed by atoms with E-state index in [9.17, 15) is 4.79 Å². The van der Waals surface area contributed by atoms with Gasteiger partial charge in [0.15, 0.2) is 0 Å². The predicted molar refractivity (Wildman–Crippen MR) is 125 cm³/mol. The highest BCUT2D eigenvalue weighted by molar-refractivity contribution is 5.92. The molecular formula is C25H33N5O. The van der Waals surface area contributed by atoms with Crippen molar-refractivity contribution in [3.63, 3.8) is 0 Å². The van der Waals surface area contributed by atoms with Crippen molar-refractivity contribution in [2.24, 2.45) is 10.9 Å². The molecule has 6 nitrogen and oxygen atoms in total. The number of aliphatic imine (C=N–C) groups is 1. The summed E-state index contributed by atoms with van der Waals surface area (Å²) in [6, 6.07) is 9.24. The molecule has 1 N–H and O–H groups in total. The van der Waals surface area contributed by atoms with Gasteiger partial charge in [-0.2, -0.15) is 0 Å². The quantitative estimate of drug-likeness (QED) is 0.809. The summed E-state index contributed by atoms with van der Waals surface area (Å²) >= 11 is 0. The number of rotatable bonds is 5. The first kappa shape index (κ1) is 20.6. The number of amides is 1. The molecule has 1 amide bonds. The Balaban J connectivity index is 1.29. The van der Waals surface area contributed by atoms with E-state index >= 15 is 0 Å². The Labute approximate surface area is 184 Å². The van der Waals surface area contributed by atoms with E-state index < -0.39 is 0 Å². The van der Waals surface area contributed by atoms with Gasteiger partial charge in [0.05, 0.1) is 12.1 Å². The van der Waals surface area contributed by atoms with Crippen LogP contribution in [0.1, 0.15) is 49.3 Å². The molecule has 1 unspecified atom stereocenters. The Morgan fingerprint density at radius 1 is 1.16 bits per heavy atom. The van der Waals surface area contributed by atoms with Gasteiger partial charge in [-0.3, -0.25) is 19.7 Å². The molecule has 2 saturated heterocycles. The fraction of sp³-hybridized carbons (Fsp3) is 0.560. The normalized spacial score (nSPS) is 27.5. The van der Waals surface area contributed by atoms with Crippen LogP contribution in [0.2, 0.25) is 0 Å². The number of fused-ring (bicyclic) bond motifs is 1. The molecule has 0 bridgehead atoms. The Morgan fingerprint density at radius 3 is 2.71 bits per heavy atom. The number of nitrogens with one attached hydrogen (secondary N) is 1. The third-order valence-corrected chi connectivity index (χ3v) is 7.08. The molecule has 0 radical (unpaired) electrons. The zero-order valence-corrected chi connectivity index (χ0v) is 18.6. The zero-order valence-electron chi connectivity index (χ0n) is 18.6. The average molecular weight is 420 g/mol.